The summed E-state index contributed by atoms with van der Waals surface area (Å²) in [5, 5.41) is 27.1. The predicted octanol–water partition coefficient (Wildman–Crippen LogP) is -5.49. The Labute approximate surface area is 102 Å². The van der Waals surface area contributed by atoms with Crippen LogP contribution in [0.15, 0.2) is 0 Å². The number of hydrogen-bond acceptors (Lipinski definition) is 5. The van der Waals surface area contributed by atoms with Gasteiger partial charge < -0.3 is 25.4 Å². The van der Waals surface area contributed by atoms with Gasteiger partial charge in [-0.1, -0.05) is 0 Å². The molecule has 14 heavy (non-hydrogen) atoms. The second-order valence-corrected chi connectivity index (χ2v) is 1.89. The van der Waals surface area contributed by atoms with Crippen molar-refractivity contribution in [3.05, 3.63) is 0 Å². The van der Waals surface area contributed by atoms with E-state index in [9.17, 15) is 14.7 Å². The molecule has 0 unspecified atom stereocenters. The Morgan fingerprint density at radius 2 is 1.57 bits per heavy atom. The first kappa shape index (κ1) is 19.0. The fraction of sp³-hybridized carbons (Fsp3) is 0.500. The first-order valence-corrected chi connectivity index (χ1v) is 3.18. The second-order valence-electron chi connectivity index (χ2n) is 1.89. The minimum absolute atomic E-state index is 0. The van der Waals surface area contributed by atoms with E-state index >= 15 is 0 Å². The third-order valence-corrected chi connectivity index (χ3v) is 0.546. The SMILES string of the molecule is CC(=O)O.O=C([O-])CNCC(=O)O.[Na+]. The molecular formula is C6H10NNaO6. The van der Waals surface area contributed by atoms with Gasteiger partial charge in [-0.2, -0.15) is 0 Å². The molecule has 0 saturated heterocycles. The van der Waals surface area contributed by atoms with Crippen molar-refractivity contribution in [1.29, 1.82) is 0 Å². The van der Waals surface area contributed by atoms with Crippen molar-refractivity contribution in [3.63, 3.8) is 0 Å². The smallest absolute Gasteiger partial charge is 0.549 e. The summed E-state index contributed by atoms with van der Waals surface area (Å²) in [5.41, 5.74) is 0. The predicted molar refractivity (Wildman–Crippen MR) is 38.8 cm³/mol. The van der Waals surface area contributed by atoms with E-state index in [1.165, 1.54) is 0 Å². The van der Waals surface area contributed by atoms with Crippen molar-refractivity contribution in [1.82, 2.24) is 5.32 Å². The standard InChI is InChI=1S/C4H7NO4.C2H4O2.Na/c6-3(7)1-5-2-4(8)9;1-2(3)4;/h5H,1-2H2,(H,6,7)(H,8,9);1H3,(H,3,4);/q;;+1/p-1. The van der Waals surface area contributed by atoms with Crippen LogP contribution in [0, 0.1) is 0 Å². The third-order valence-electron chi connectivity index (χ3n) is 0.546. The van der Waals surface area contributed by atoms with Gasteiger partial charge in [-0.05, 0) is 0 Å². The van der Waals surface area contributed by atoms with Crippen LogP contribution in [-0.2, 0) is 14.4 Å². The Morgan fingerprint density at radius 1 is 1.21 bits per heavy atom. The molecule has 8 heteroatoms. The fourth-order valence-electron chi connectivity index (χ4n) is 0.271. The van der Waals surface area contributed by atoms with Gasteiger partial charge in [0.1, 0.15) is 0 Å². The molecule has 0 fully saturated rings. The van der Waals surface area contributed by atoms with Crippen LogP contribution in [0.4, 0.5) is 0 Å². The quantitative estimate of drug-likeness (QED) is 0.399. The van der Waals surface area contributed by atoms with Gasteiger partial charge >= 0.3 is 35.5 Å². The largest absolute Gasteiger partial charge is 1.00 e. The summed E-state index contributed by atoms with van der Waals surface area (Å²) < 4.78 is 0. The number of aliphatic carboxylic acids is 3. The maximum atomic E-state index is 9.70. The van der Waals surface area contributed by atoms with Crippen molar-refractivity contribution in [3.8, 4) is 0 Å². The van der Waals surface area contributed by atoms with Crippen LogP contribution in [0.2, 0.25) is 0 Å². The van der Waals surface area contributed by atoms with Crippen molar-refractivity contribution in [2.45, 2.75) is 6.92 Å². The second kappa shape index (κ2) is 12.4. The fourth-order valence-corrected chi connectivity index (χ4v) is 0.271. The summed E-state index contributed by atoms with van der Waals surface area (Å²) in [6.07, 6.45) is 0. The molecular weight excluding hydrogens is 205 g/mol. The molecule has 0 aliphatic rings. The summed E-state index contributed by atoms with van der Waals surface area (Å²) in [6, 6.07) is 0. The Kier molecular flexibility index (Phi) is 16.8. The maximum Gasteiger partial charge on any atom is 1.00 e. The van der Waals surface area contributed by atoms with Crippen molar-refractivity contribution < 1.29 is 59.3 Å². The molecule has 0 radical (unpaired) electrons. The zero-order valence-corrected chi connectivity index (χ0v) is 9.94. The molecule has 0 amide bonds. The number of hydrogen-bond donors (Lipinski definition) is 3. The number of rotatable bonds is 4. The van der Waals surface area contributed by atoms with Gasteiger partial charge in [0.25, 0.3) is 5.97 Å². The maximum absolute atomic E-state index is 9.70. The van der Waals surface area contributed by atoms with E-state index in [0.717, 1.165) is 6.92 Å². The van der Waals surface area contributed by atoms with E-state index < -0.39 is 24.5 Å². The minimum Gasteiger partial charge on any atom is -0.549 e. The first-order valence-electron chi connectivity index (χ1n) is 3.18. The minimum atomic E-state index is -1.31. The zero-order valence-electron chi connectivity index (χ0n) is 7.94. The number of carboxylic acids is 3. The number of nitrogens with one attached hydrogen (secondary N) is 1. The average molecular weight is 215 g/mol. The topological polar surface area (TPSA) is 127 Å². The number of carbonyl (C=O) groups excluding carboxylic acids is 1. The molecule has 7 nitrogen and oxygen atoms in total. The van der Waals surface area contributed by atoms with Crippen LogP contribution in [0.1, 0.15) is 6.92 Å². The van der Waals surface area contributed by atoms with E-state index in [0.29, 0.717) is 0 Å². The Morgan fingerprint density at radius 3 is 1.79 bits per heavy atom. The van der Waals surface area contributed by atoms with E-state index in [4.69, 9.17) is 15.0 Å². The molecule has 0 saturated carbocycles. The molecule has 0 aromatic rings. The van der Waals surface area contributed by atoms with Gasteiger partial charge in [0.15, 0.2) is 0 Å². The van der Waals surface area contributed by atoms with Gasteiger partial charge in [-0.3, -0.25) is 9.59 Å². The molecule has 0 aromatic heterocycles. The van der Waals surface area contributed by atoms with Crippen molar-refractivity contribution in [2.24, 2.45) is 0 Å². The summed E-state index contributed by atoms with van der Waals surface area (Å²) >= 11 is 0. The van der Waals surface area contributed by atoms with Crippen LogP contribution in [0.5, 0.6) is 0 Å². The van der Waals surface area contributed by atoms with Gasteiger partial charge in [0.2, 0.25) is 0 Å². The van der Waals surface area contributed by atoms with Crippen LogP contribution >= 0.6 is 0 Å². The van der Waals surface area contributed by atoms with Crippen molar-refractivity contribution >= 4 is 17.9 Å². The van der Waals surface area contributed by atoms with Crippen LogP contribution in [0.3, 0.4) is 0 Å². The number of carbonyl (C=O) groups is 3. The van der Waals surface area contributed by atoms with Gasteiger partial charge in [0, 0.05) is 13.5 Å². The normalized spacial score (nSPS) is 7.50. The first-order chi connectivity index (χ1) is 5.86. The molecule has 0 atom stereocenters. The van der Waals surface area contributed by atoms with Crippen molar-refractivity contribution in [2.75, 3.05) is 13.1 Å². The monoisotopic (exact) mass is 215 g/mol. The van der Waals surface area contributed by atoms with E-state index in [-0.39, 0.29) is 36.1 Å². The van der Waals surface area contributed by atoms with E-state index in [1.54, 1.807) is 0 Å². The number of carboxylic acid groups (broad SMARTS) is 3. The Hall–Kier alpha value is -0.630. The zero-order chi connectivity index (χ0) is 10.9. The molecule has 0 aliphatic heterocycles. The summed E-state index contributed by atoms with van der Waals surface area (Å²) in [6.45, 7) is 0.306. The van der Waals surface area contributed by atoms with Gasteiger partial charge in [0.05, 0.1) is 12.5 Å². The molecule has 0 spiro atoms. The summed E-state index contributed by atoms with van der Waals surface area (Å²) in [5.74, 6) is -3.23. The molecule has 0 aromatic carbocycles. The summed E-state index contributed by atoms with van der Waals surface area (Å²) in [4.78, 5) is 28.3. The van der Waals surface area contributed by atoms with E-state index in [2.05, 4.69) is 5.32 Å². The van der Waals surface area contributed by atoms with Gasteiger partial charge in [-0.25, -0.2) is 0 Å². The van der Waals surface area contributed by atoms with Crippen LogP contribution in [-0.4, -0.2) is 41.2 Å². The molecule has 0 heterocycles. The molecule has 0 aliphatic carbocycles. The Balaban J connectivity index is -0.000000209. The molecule has 3 N–H and O–H groups in total. The third kappa shape index (κ3) is 42.4. The van der Waals surface area contributed by atoms with E-state index in [1.807, 2.05) is 0 Å². The average Bonchev–Trinajstić information content (AvgIpc) is 1.83. The molecule has 0 bridgehead atoms. The van der Waals surface area contributed by atoms with Crippen LogP contribution < -0.4 is 40.0 Å². The molecule has 76 valence electrons. The Bertz CT molecular complexity index is 177. The van der Waals surface area contributed by atoms with Gasteiger partial charge in [-0.15, -0.1) is 0 Å². The van der Waals surface area contributed by atoms with Crippen LogP contribution in [0.25, 0.3) is 0 Å². The summed E-state index contributed by atoms with van der Waals surface area (Å²) in [7, 11) is 0. The molecule has 0 rings (SSSR count).